The van der Waals surface area contributed by atoms with Gasteiger partial charge in [-0.1, -0.05) is 30.3 Å². The molecule has 128 valence electrons. The van der Waals surface area contributed by atoms with E-state index in [1.165, 1.54) is 0 Å². The summed E-state index contributed by atoms with van der Waals surface area (Å²) in [5.74, 6) is 0. The second-order valence-electron chi connectivity index (χ2n) is 5.84. The van der Waals surface area contributed by atoms with Crippen LogP contribution in [0.2, 0.25) is 0 Å². The minimum atomic E-state index is -0.472. The largest absolute Gasteiger partial charge is 0.445 e. The number of benzene rings is 1. The van der Waals surface area contributed by atoms with Gasteiger partial charge in [0.25, 0.3) is 0 Å². The highest BCUT2D eigenvalue weighted by Gasteiger charge is 2.29. The van der Waals surface area contributed by atoms with Crippen molar-refractivity contribution in [3.8, 4) is 0 Å². The fraction of sp³-hybridized carbons (Fsp3) is 0.588. The van der Waals surface area contributed by atoms with Crippen molar-refractivity contribution in [1.29, 1.82) is 0 Å². The molecule has 1 aromatic rings. The predicted octanol–water partition coefficient (Wildman–Crippen LogP) is 1.43. The van der Waals surface area contributed by atoms with Crippen LogP contribution in [0.3, 0.4) is 0 Å². The maximum atomic E-state index is 11.8. The van der Waals surface area contributed by atoms with Gasteiger partial charge in [0.05, 0.1) is 12.7 Å². The van der Waals surface area contributed by atoms with Crippen LogP contribution in [-0.2, 0) is 16.1 Å². The molecule has 6 nitrogen and oxygen atoms in total. The first-order valence-electron chi connectivity index (χ1n) is 8.06. The molecule has 1 amide bonds. The molecule has 0 heterocycles. The summed E-state index contributed by atoms with van der Waals surface area (Å²) in [6.07, 6.45) is 1.26. The summed E-state index contributed by atoms with van der Waals surface area (Å²) < 4.78 is 10.2. The van der Waals surface area contributed by atoms with E-state index in [9.17, 15) is 9.90 Å². The van der Waals surface area contributed by atoms with Gasteiger partial charge < -0.3 is 25.2 Å². The highest BCUT2D eigenvalue weighted by molar-refractivity contribution is 5.67. The van der Waals surface area contributed by atoms with Crippen molar-refractivity contribution in [1.82, 2.24) is 10.6 Å². The van der Waals surface area contributed by atoms with E-state index in [2.05, 4.69) is 10.6 Å². The Bertz CT molecular complexity index is 469. The topological polar surface area (TPSA) is 79.8 Å². The van der Waals surface area contributed by atoms with Crippen LogP contribution in [0.4, 0.5) is 4.79 Å². The van der Waals surface area contributed by atoms with Crippen LogP contribution in [0, 0.1) is 0 Å². The zero-order chi connectivity index (χ0) is 16.5. The molecule has 2 rings (SSSR count). The summed E-state index contributed by atoms with van der Waals surface area (Å²) in [6.45, 7) is 1.59. The Hall–Kier alpha value is -1.63. The van der Waals surface area contributed by atoms with E-state index in [1.54, 1.807) is 7.11 Å². The van der Waals surface area contributed by atoms with E-state index >= 15 is 0 Å². The first-order chi connectivity index (χ1) is 11.2. The Morgan fingerprint density at radius 2 is 2.09 bits per heavy atom. The molecule has 1 fully saturated rings. The Labute approximate surface area is 137 Å². The number of carbonyl (C=O) groups is 1. The first kappa shape index (κ1) is 17.7. The van der Waals surface area contributed by atoms with Gasteiger partial charge in [0.15, 0.2) is 0 Å². The molecule has 23 heavy (non-hydrogen) atoms. The van der Waals surface area contributed by atoms with Crippen LogP contribution in [0.1, 0.15) is 24.8 Å². The van der Waals surface area contributed by atoms with Gasteiger partial charge in [-0.2, -0.15) is 0 Å². The number of ether oxygens (including phenoxy) is 2. The van der Waals surface area contributed by atoms with Gasteiger partial charge in [-0.15, -0.1) is 0 Å². The van der Waals surface area contributed by atoms with Gasteiger partial charge in [0.1, 0.15) is 6.61 Å². The van der Waals surface area contributed by atoms with E-state index in [-0.39, 0.29) is 18.7 Å². The number of alkyl carbamates (subject to hydrolysis) is 1. The molecule has 1 aliphatic carbocycles. The van der Waals surface area contributed by atoms with E-state index in [1.807, 2.05) is 30.3 Å². The van der Waals surface area contributed by atoms with Gasteiger partial charge in [-0.25, -0.2) is 4.79 Å². The van der Waals surface area contributed by atoms with E-state index in [4.69, 9.17) is 9.47 Å². The van der Waals surface area contributed by atoms with E-state index < -0.39 is 12.2 Å². The number of nitrogens with one attached hydrogen (secondary N) is 2. The molecule has 0 bridgehead atoms. The molecule has 0 unspecified atom stereocenters. The average Bonchev–Trinajstić information content (AvgIpc) is 2.56. The SMILES string of the molecule is COCCN[C@H]1CC[C@H](NC(=O)OCc2ccccc2)C[C@@H]1O. The number of amides is 1. The second-order valence-corrected chi connectivity index (χ2v) is 5.84. The number of methoxy groups -OCH3 is 1. The Balaban J connectivity index is 1.67. The molecule has 0 saturated heterocycles. The number of carbonyl (C=O) groups excluding carboxylic acids is 1. The van der Waals surface area contributed by atoms with Gasteiger partial charge >= 0.3 is 6.09 Å². The highest BCUT2D eigenvalue weighted by Crippen LogP contribution is 2.19. The quantitative estimate of drug-likeness (QED) is 0.662. The van der Waals surface area contributed by atoms with Crippen LogP contribution in [0.25, 0.3) is 0 Å². The minimum Gasteiger partial charge on any atom is -0.445 e. The van der Waals surface area contributed by atoms with Crippen molar-refractivity contribution in [3.05, 3.63) is 35.9 Å². The lowest BCUT2D eigenvalue weighted by molar-refractivity contribution is 0.0674. The third-order valence-corrected chi connectivity index (χ3v) is 4.06. The monoisotopic (exact) mass is 322 g/mol. The first-order valence-corrected chi connectivity index (χ1v) is 8.06. The second kappa shape index (κ2) is 9.50. The summed E-state index contributed by atoms with van der Waals surface area (Å²) in [6, 6.07) is 9.57. The van der Waals surface area contributed by atoms with Crippen molar-refractivity contribution in [2.45, 2.75) is 44.1 Å². The fourth-order valence-electron chi connectivity index (χ4n) is 2.79. The predicted molar refractivity (Wildman–Crippen MR) is 87.1 cm³/mol. The summed E-state index contributed by atoms with van der Waals surface area (Å²) in [7, 11) is 1.65. The summed E-state index contributed by atoms with van der Waals surface area (Å²) >= 11 is 0. The maximum absolute atomic E-state index is 11.8. The lowest BCUT2D eigenvalue weighted by Crippen LogP contribution is -2.50. The third kappa shape index (κ3) is 6.17. The number of hydrogen-bond donors (Lipinski definition) is 3. The van der Waals surface area contributed by atoms with Gasteiger partial charge in [-0.3, -0.25) is 0 Å². The lowest BCUT2D eigenvalue weighted by Gasteiger charge is -2.33. The average molecular weight is 322 g/mol. The van der Waals surface area contributed by atoms with Gasteiger partial charge in [-0.05, 0) is 24.8 Å². The van der Waals surface area contributed by atoms with Crippen LogP contribution in [0.15, 0.2) is 30.3 Å². The smallest absolute Gasteiger partial charge is 0.407 e. The molecule has 0 aromatic heterocycles. The summed E-state index contributed by atoms with van der Waals surface area (Å²) in [5, 5.41) is 16.3. The molecule has 1 aromatic carbocycles. The van der Waals surface area contributed by atoms with Crippen LogP contribution in [0.5, 0.6) is 0 Å². The Kier molecular flexibility index (Phi) is 7.32. The van der Waals surface area contributed by atoms with Crippen molar-refractivity contribution in [3.63, 3.8) is 0 Å². The molecule has 3 atom stereocenters. The molecular weight excluding hydrogens is 296 g/mol. The standard InChI is InChI=1S/C17H26N2O4/c1-22-10-9-18-15-8-7-14(11-16(15)20)19-17(21)23-12-13-5-3-2-4-6-13/h2-6,14-16,18,20H,7-12H2,1H3,(H,19,21)/t14-,15-,16-/m0/s1. The molecule has 3 N–H and O–H groups in total. The summed E-state index contributed by atoms with van der Waals surface area (Å²) in [4.78, 5) is 11.8. The Morgan fingerprint density at radius 3 is 2.78 bits per heavy atom. The molecule has 1 aliphatic rings. The number of aliphatic hydroxyl groups is 1. The molecular formula is C17H26N2O4. The Morgan fingerprint density at radius 1 is 1.30 bits per heavy atom. The van der Waals surface area contributed by atoms with E-state index in [0.29, 0.717) is 13.0 Å². The molecule has 0 spiro atoms. The van der Waals surface area contributed by atoms with Gasteiger partial charge in [0.2, 0.25) is 0 Å². The summed E-state index contributed by atoms with van der Waals surface area (Å²) in [5.41, 5.74) is 0.953. The van der Waals surface area contributed by atoms with Crippen LogP contribution < -0.4 is 10.6 Å². The molecule has 6 heteroatoms. The maximum Gasteiger partial charge on any atom is 0.407 e. The van der Waals surface area contributed by atoms with Crippen molar-refractivity contribution in [2.75, 3.05) is 20.3 Å². The number of hydrogen-bond acceptors (Lipinski definition) is 5. The molecule has 1 saturated carbocycles. The van der Waals surface area contributed by atoms with Crippen molar-refractivity contribution >= 4 is 6.09 Å². The highest BCUT2D eigenvalue weighted by atomic mass is 16.5. The van der Waals surface area contributed by atoms with Crippen LogP contribution in [-0.4, -0.2) is 49.6 Å². The molecule has 0 radical (unpaired) electrons. The normalized spacial score (nSPS) is 24.2. The number of rotatable bonds is 7. The van der Waals surface area contributed by atoms with Crippen molar-refractivity contribution < 1.29 is 19.4 Å². The third-order valence-electron chi connectivity index (χ3n) is 4.06. The minimum absolute atomic E-state index is 0.0475. The number of aliphatic hydroxyl groups excluding tert-OH is 1. The van der Waals surface area contributed by atoms with Crippen molar-refractivity contribution in [2.24, 2.45) is 0 Å². The zero-order valence-electron chi connectivity index (χ0n) is 13.5. The zero-order valence-corrected chi connectivity index (χ0v) is 13.5. The van der Waals surface area contributed by atoms with Crippen LogP contribution >= 0.6 is 0 Å². The fourth-order valence-corrected chi connectivity index (χ4v) is 2.79. The lowest BCUT2D eigenvalue weighted by atomic mass is 9.88. The van der Waals surface area contributed by atoms with Gasteiger partial charge in [0, 0.05) is 25.7 Å². The molecule has 0 aliphatic heterocycles. The van der Waals surface area contributed by atoms with E-state index in [0.717, 1.165) is 24.9 Å².